The number of carbonyl (C=O) groups is 2. The van der Waals surface area contributed by atoms with Crippen LogP contribution in [0.25, 0.3) is 0 Å². The molecule has 3 rings (SSSR count). The van der Waals surface area contributed by atoms with E-state index in [2.05, 4.69) is 19.2 Å². The molecule has 31 heavy (non-hydrogen) atoms. The first-order chi connectivity index (χ1) is 15.0. The molecule has 0 saturated carbocycles. The number of anilines is 1. The third-order valence-corrected chi connectivity index (χ3v) is 5.06. The number of ether oxygens (including phenoxy) is 2. The second-order valence-corrected chi connectivity index (χ2v) is 8.07. The lowest BCUT2D eigenvalue weighted by Gasteiger charge is -2.36. The lowest BCUT2D eigenvalue weighted by Crippen LogP contribution is -2.52. The maximum atomic E-state index is 13.0. The fraction of sp³-hybridized carbons (Fsp3) is 0.417. The quantitative estimate of drug-likeness (QED) is 0.734. The molecule has 2 aromatic rings. The number of rotatable bonds is 7. The normalized spacial score (nSPS) is 16.1. The SMILES string of the molecule is COc1cccc(NC(=O)N2CCOC(CN(CC(C)C)C(=O)c3ccccc3)C2)c1. The van der Waals surface area contributed by atoms with Crippen LogP contribution in [-0.4, -0.2) is 67.7 Å². The standard InChI is InChI=1S/C24H31N3O4/c1-18(2)15-27(23(28)19-8-5-4-6-9-19)17-22-16-26(12-13-31-22)24(29)25-20-10-7-11-21(14-20)30-3/h4-11,14,18,22H,12-13,15-17H2,1-3H3,(H,25,29). The van der Waals surface area contributed by atoms with Crippen molar-refractivity contribution in [2.24, 2.45) is 5.92 Å². The zero-order valence-electron chi connectivity index (χ0n) is 18.4. The molecule has 1 aliphatic heterocycles. The van der Waals surface area contributed by atoms with Gasteiger partial charge in [0.05, 0.1) is 26.4 Å². The smallest absolute Gasteiger partial charge is 0.322 e. The highest BCUT2D eigenvalue weighted by Crippen LogP contribution is 2.18. The van der Waals surface area contributed by atoms with Crippen LogP contribution in [0.1, 0.15) is 24.2 Å². The van der Waals surface area contributed by atoms with Gasteiger partial charge < -0.3 is 24.6 Å². The molecule has 1 saturated heterocycles. The van der Waals surface area contributed by atoms with E-state index in [1.54, 1.807) is 18.1 Å². The summed E-state index contributed by atoms with van der Waals surface area (Å²) >= 11 is 0. The van der Waals surface area contributed by atoms with Crippen molar-refractivity contribution in [3.63, 3.8) is 0 Å². The Morgan fingerprint density at radius 3 is 2.68 bits per heavy atom. The fourth-order valence-corrected chi connectivity index (χ4v) is 3.61. The number of amides is 3. The van der Waals surface area contributed by atoms with E-state index in [9.17, 15) is 9.59 Å². The summed E-state index contributed by atoms with van der Waals surface area (Å²) < 4.78 is 11.1. The van der Waals surface area contributed by atoms with Gasteiger partial charge in [-0.25, -0.2) is 4.79 Å². The molecule has 0 radical (unpaired) electrons. The topological polar surface area (TPSA) is 71.1 Å². The molecular weight excluding hydrogens is 394 g/mol. The van der Waals surface area contributed by atoms with E-state index < -0.39 is 0 Å². The molecule has 1 unspecified atom stereocenters. The van der Waals surface area contributed by atoms with E-state index in [1.165, 1.54) is 0 Å². The van der Waals surface area contributed by atoms with Crippen molar-refractivity contribution < 1.29 is 19.1 Å². The molecular formula is C24H31N3O4. The maximum absolute atomic E-state index is 13.0. The van der Waals surface area contributed by atoms with Crippen molar-refractivity contribution in [2.45, 2.75) is 20.0 Å². The van der Waals surface area contributed by atoms with Crippen molar-refractivity contribution in [1.82, 2.24) is 9.80 Å². The van der Waals surface area contributed by atoms with E-state index in [-0.39, 0.29) is 18.0 Å². The highest BCUT2D eigenvalue weighted by atomic mass is 16.5. The highest BCUT2D eigenvalue weighted by molar-refractivity contribution is 5.94. The van der Waals surface area contributed by atoms with Crippen LogP contribution in [0.4, 0.5) is 10.5 Å². The minimum Gasteiger partial charge on any atom is -0.497 e. The van der Waals surface area contributed by atoms with Gasteiger partial charge in [-0.1, -0.05) is 38.1 Å². The Morgan fingerprint density at radius 2 is 1.97 bits per heavy atom. The average molecular weight is 426 g/mol. The number of hydrogen-bond donors (Lipinski definition) is 1. The summed E-state index contributed by atoms with van der Waals surface area (Å²) in [7, 11) is 1.59. The Kier molecular flexibility index (Phi) is 7.89. The van der Waals surface area contributed by atoms with Crippen LogP contribution in [0.15, 0.2) is 54.6 Å². The van der Waals surface area contributed by atoms with Gasteiger partial charge in [0.2, 0.25) is 0 Å². The third kappa shape index (κ3) is 6.46. The Balaban J connectivity index is 1.63. The largest absolute Gasteiger partial charge is 0.497 e. The van der Waals surface area contributed by atoms with Gasteiger partial charge in [-0.2, -0.15) is 0 Å². The monoisotopic (exact) mass is 425 g/mol. The summed E-state index contributed by atoms with van der Waals surface area (Å²) in [6.07, 6.45) is -0.240. The second kappa shape index (κ2) is 10.8. The van der Waals surface area contributed by atoms with Gasteiger partial charge in [0.1, 0.15) is 5.75 Å². The van der Waals surface area contributed by atoms with E-state index >= 15 is 0 Å². The van der Waals surface area contributed by atoms with Gasteiger partial charge in [-0.3, -0.25) is 4.79 Å². The van der Waals surface area contributed by atoms with Crippen molar-refractivity contribution in [2.75, 3.05) is 45.2 Å². The second-order valence-electron chi connectivity index (χ2n) is 8.07. The summed E-state index contributed by atoms with van der Waals surface area (Å²) in [5, 5.41) is 2.91. The van der Waals surface area contributed by atoms with Gasteiger partial charge in [0, 0.05) is 37.0 Å². The van der Waals surface area contributed by atoms with E-state index in [0.29, 0.717) is 55.7 Å². The van der Waals surface area contributed by atoms with Gasteiger partial charge in [0.15, 0.2) is 0 Å². The van der Waals surface area contributed by atoms with Crippen molar-refractivity contribution >= 4 is 17.6 Å². The number of hydrogen-bond acceptors (Lipinski definition) is 4. The molecule has 1 atom stereocenters. The number of benzene rings is 2. The molecule has 166 valence electrons. The van der Waals surface area contributed by atoms with Gasteiger partial charge >= 0.3 is 6.03 Å². The highest BCUT2D eigenvalue weighted by Gasteiger charge is 2.28. The zero-order valence-corrected chi connectivity index (χ0v) is 18.4. The lowest BCUT2D eigenvalue weighted by atomic mass is 10.1. The van der Waals surface area contributed by atoms with Crippen LogP contribution in [0.3, 0.4) is 0 Å². The number of carbonyl (C=O) groups excluding carboxylic acids is 2. The van der Waals surface area contributed by atoms with E-state index in [4.69, 9.17) is 9.47 Å². The first kappa shape index (κ1) is 22.6. The zero-order chi connectivity index (χ0) is 22.2. The summed E-state index contributed by atoms with van der Waals surface area (Å²) in [6, 6.07) is 16.3. The predicted octanol–water partition coefficient (Wildman–Crippen LogP) is 3.73. The van der Waals surface area contributed by atoms with Crippen molar-refractivity contribution in [1.29, 1.82) is 0 Å². The number of nitrogens with one attached hydrogen (secondary N) is 1. The summed E-state index contributed by atoms with van der Waals surface area (Å²) in [6.45, 7) is 6.60. The number of morpholine rings is 1. The molecule has 1 N–H and O–H groups in total. The Hall–Kier alpha value is -3.06. The molecule has 0 spiro atoms. The molecule has 1 fully saturated rings. The van der Waals surface area contributed by atoms with Crippen LogP contribution in [0, 0.1) is 5.92 Å². The summed E-state index contributed by atoms with van der Waals surface area (Å²) in [5.74, 6) is 0.987. The van der Waals surface area contributed by atoms with Gasteiger partial charge in [-0.05, 0) is 30.2 Å². The summed E-state index contributed by atoms with van der Waals surface area (Å²) in [4.78, 5) is 29.4. The van der Waals surface area contributed by atoms with Crippen molar-refractivity contribution in [3.05, 3.63) is 60.2 Å². The van der Waals surface area contributed by atoms with Crippen LogP contribution in [0.5, 0.6) is 5.75 Å². The number of urea groups is 1. The molecule has 3 amide bonds. The minimum atomic E-state index is -0.240. The van der Waals surface area contributed by atoms with Crippen molar-refractivity contribution in [3.8, 4) is 5.75 Å². The molecule has 7 heteroatoms. The molecule has 1 heterocycles. The lowest BCUT2D eigenvalue weighted by molar-refractivity contribution is -0.0272. The van der Waals surface area contributed by atoms with Crippen LogP contribution < -0.4 is 10.1 Å². The van der Waals surface area contributed by atoms with Crippen LogP contribution >= 0.6 is 0 Å². The van der Waals surface area contributed by atoms with E-state index in [0.717, 1.165) is 0 Å². The average Bonchev–Trinajstić information content (AvgIpc) is 2.78. The first-order valence-electron chi connectivity index (χ1n) is 10.6. The molecule has 1 aliphatic rings. The third-order valence-electron chi connectivity index (χ3n) is 5.06. The molecule has 0 aliphatic carbocycles. The Morgan fingerprint density at radius 1 is 1.19 bits per heavy atom. The van der Waals surface area contributed by atoms with Gasteiger partial charge in [-0.15, -0.1) is 0 Å². The minimum absolute atomic E-state index is 0.0177. The molecule has 0 bridgehead atoms. The maximum Gasteiger partial charge on any atom is 0.322 e. The van der Waals surface area contributed by atoms with E-state index in [1.807, 2.05) is 53.4 Å². The molecule has 0 aromatic heterocycles. The Labute approximate surface area is 183 Å². The summed E-state index contributed by atoms with van der Waals surface area (Å²) in [5.41, 5.74) is 1.33. The van der Waals surface area contributed by atoms with Crippen LogP contribution in [0.2, 0.25) is 0 Å². The van der Waals surface area contributed by atoms with Crippen LogP contribution in [-0.2, 0) is 4.74 Å². The fourth-order valence-electron chi connectivity index (χ4n) is 3.61. The number of nitrogens with zero attached hydrogens (tertiary/aromatic N) is 2. The predicted molar refractivity (Wildman–Crippen MR) is 121 cm³/mol. The molecule has 2 aromatic carbocycles. The number of methoxy groups -OCH3 is 1. The van der Waals surface area contributed by atoms with Gasteiger partial charge in [0.25, 0.3) is 5.91 Å². The Bertz CT molecular complexity index is 872. The first-order valence-corrected chi connectivity index (χ1v) is 10.6. The molecule has 7 nitrogen and oxygen atoms in total.